The lowest BCUT2D eigenvalue weighted by molar-refractivity contribution is 0.415. The number of benzene rings is 1. The minimum Gasteiger partial charge on any atom is -0.497 e. The first kappa shape index (κ1) is 12.9. The van der Waals surface area contributed by atoms with Crippen LogP contribution in [0.4, 0.5) is 0 Å². The summed E-state index contributed by atoms with van der Waals surface area (Å²) in [6, 6.07) is 9.99. The van der Waals surface area contributed by atoms with Gasteiger partial charge >= 0.3 is 0 Å². The Balaban J connectivity index is 1.94. The number of nitrogens with one attached hydrogen (secondary N) is 1. The van der Waals surface area contributed by atoms with Gasteiger partial charge in [-0.15, -0.1) is 0 Å². The van der Waals surface area contributed by atoms with Crippen molar-refractivity contribution in [1.82, 2.24) is 14.5 Å². The van der Waals surface area contributed by atoms with Gasteiger partial charge in [0.25, 0.3) is 0 Å². The zero-order chi connectivity index (χ0) is 13.9. The zero-order valence-electron chi connectivity index (χ0n) is 11.2. The second kappa shape index (κ2) is 5.46. The minimum atomic E-state index is 0.738. The Hall–Kier alpha value is -2.14. The van der Waals surface area contributed by atoms with Crippen molar-refractivity contribution in [3.63, 3.8) is 0 Å². The van der Waals surface area contributed by atoms with Crippen LogP contribution in [0.1, 0.15) is 5.56 Å². The predicted octanol–water partition coefficient (Wildman–Crippen LogP) is 3.35. The molecule has 0 aliphatic carbocycles. The Labute approximate surface area is 122 Å². The first-order valence-electron chi connectivity index (χ1n) is 6.43. The highest BCUT2D eigenvalue weighted by Gasteiger charge is 2.06. The molecule has 0 fully saturated rings. The predicted molar refractivity (Wildman–Crippen MR) is 81.6 cm³/mol. The van der Waals surface area contributed by atoms with Crippen molar-refractivity contribution in [2.75, 3.05) is 7.11 Å². The summed E-state index contributed by atoms with van der Waals surface area (Å²) in [5, 5.41) is 0. The fourth-order valence-corrected chi connectivity index (χ4v) is 2.57. The van der Waals surface area contributed by atoms with Gasteiger partial charge in [0.15, 0.2) is 4.77 Å². The van der Waals surface area contributed by atoms with Crippen LogP contribution < -0.4 is 4.74 Å². The van der Waals surface area contributed by atoms with Crippen LogP contribution in [0.5, 0.6) is 5.75 Å². The fraction of sp³-hybridized carbons (Fsp3) is 0.200. The molecule has 0 aliphatic heterocycles. The molecule has 0 aliphatic rings. The second-order valence-electron chi connectivity index (χ2n) is 4.57. The summed E-state index contributed by atoms with van der Waals surface area (Å²) in [6.45, 7) is 0.829. The molecule has 0 unspecified atom stereocenters. The van der Waals surface area contributed by atoms with E-state index in [1.165, 1.54) is 5.56 Å². The molecule has 0 saturated heterocycles. The number of H-pyrrole nitrogens is 1. The monoisotopic (exact) mass is 285 g/mol. The van der Waals surface area contributed by atoms with Crippen LogP contribution in [0.15, 0.2) is 42.7 Å². The van der Waals surface area contributed by atoms with Crippen molar-refractivity contribution < 1.29 is 4.74 Å². The number of ether oxygens (including phenoxy) is 1. The number of fused-ring (bicyclic) bond motifs is 1. The maximum Gasteiger partial charge on any atom is 0.178 e. The number of aromatic amines is 1. The van der Waals surface area contributed by atoms with E-state index in [4.69, 9.17) is 17.0 Å². The van der Waals surface area contributed by atoms with Gasteiger partial charge in [0, 0.05) is 25.0 Å². The van der Waals surface area contributed by atoms with Gasteiger partial charge in [-0.3, -0.25) is 4.98 Å². The molecule has 2 heterocycles. The van der Waals surface area contributed by atoms with Gasteiger partial charge in [-0.1, -0.05) is 0 Å². The van der Waals surface area contributed by atoms with E-state index in [1.54, 1.807) is 7.11 Å². The average Bonchev–Trinajstić information content (AvgIpc) is 2.80. The molecule has 102 valence electrons. The van der Waals surface area contributed by atoms with Gasteiger partial charge in [0.1, 0.15) is 5.75 Å². The molecule has 5 heteroatoms. The minimum absolute atomic E-state index is 0.738. The van der Waals surface area contributed by atoms with E-state index in [9.17, 15) is 0 Å². The number of rotatable bonds is 4. The molecule has 1 N–H and O–H groups in total. The standard InChI is InChI=1S/C15H15N3OS/c1-19-12-2-3-13-14(10-12)18(15(20)17-13)9-6-11-4-7-16-8-5-11/h2-5,7-8,10H,6,9H2,1H3,(H,17,20). The van der Waals surface area contributed by atoms with Crippen LogP contribution in [-0.4, -0.2) is 21.6 Å². The van der Waals surface area contributed by atoms with E-state index in [1.807, 2.05) is 42.7 Å². The zero-order valence-corrected chi connectivity index (χ0v) is 12.0. The van der Waals surface area contributed by atoms with Crippen molar-refractivity contribution in [3.8, 4) is 5.75 Å². The summed E-state index contributed by atoms with van der Waals surface area (Å²) >= 11 is 5.40. The van der Waals surface area contributed by atoms with E-state index in [0.29, 0.717) is 0 Å². The van der Waals surface area contributed by atoms with Crippen LogP contribution in [-0.2, 0) is 13.0 Å². The molecule has 0 saturated carbocycles. The number of aryl methyl sites for hydroxylation is 2. The summed E-state index contributed by atoms with van der Waals surface area (Å²) in [5.74, 6) is 0.837. The third-order valence-corrected chi connectivity index (χ3v) is 3.68. The van der Waals surface area contributed by atoms with Gasteiger partial charge in [-0.05, 0) is 48.5 Å². The van der Waals surface area contributed by atoms with E-state index < -0.39 is 0 Å². The van der Waals surface area contributed by atoms with Crippen LogP contribution in [0.3, 0.4) is 0 Å². The van der Waals surface area contributed by atoms with Gasteiger partial charge in [0.2, 0.25) is 0 Å². The number of imidazole rings is 1. The Kier molecular flexibility index (Phi) is 3.52. The Bertz CT molecular complexity index is 777. The van der Waals surface area contributed by atoms with Gasteiger partial charge in [-0.2, -0.15) is 0 Å². The van der Waals surface area contributed by atoms with Crippen molar-refractivity contribution in [3.05, 3.63) is 53.1 Å². The topological polar surface area (TPSA) is 42.8 Å². The number of methoxy groups -OCH3 is 1. The average molecular weight is 285 g/mol. The highest BCUT2D eigenvalue weighted by atomic mass is 32.1. The van der Waals surface area contributed by atoms with Gasteiger partial charge < -0.3 is 14.3 Å². The third kappa shape index (κ3) is 2.44. The molecule has 20 heavy (non-hydrogen) atoms. The summed E-state index contributed by atoms with van der Waals surface area (Å²) in [5.41, 5.74) is 3.35. The van der Waals surface area contributed by atoms with Crippen molar-refractivity contribution in [2.45, 2.75) is 13.0 Å². The maximum absolute atomic E-state index is 5.40. The lowest BCUT2D eigenvalue weighted by Crippen LogP contribution is -2.01. The fourth-order valence-electron chi connectivity index (χ4n) is 2.27. The lowest BCUT2D eigenvalue weighted by Gasteiger charge is -2.06. The molecular formula is C15H15N3OS. The molecule has 3 aromatic rings. The van der Waals surface area contributed by atoms with E-state index in [2.05, 4.69) is 14.5 Å². The molecule has 0 amide bonds. The number of aromatic nitrogens is 3. The van der Waals surface area contributed by atoms with Crippen molar-refractivity contribution in [2.24, 2.45) is 0 Å². The quantitative estimate of drug-likeness (QED) is 0.748. The Morgan fingerprint density at radius 1 is 1.25 bits per heavy atom. The van der Waals surface area contributed by atoms with Crippen LogP contribution >= 0.6 is 12.2 Å². The molecule has 0 bridgehead atoms. The van der Waals surface area contributed by atoms with Crippen LogP contribution in [0.2, 0.25) is 0 Å². The molecule has 2 aromatic heterocycles. The smallest absolute Gasteiger partial charge is 0.178 e. The first-order valence-corrected chi connectivity index (χ1v) is 6.84. The third-order valence-electron chi connectivity index (χ3n) is 3.36. The number of pyridine rings is 1. The molecule has 1 aromatic carbocycles. The Morgan fingerprint density at radius 3 is 2.80 bits per heavy atom. The molecule has 0 spiro atoms. The summed E-state index contributed by atoms with van der Waals surface area (Å²) in [6.07, 6.45) is 4.54. The number of hydrogen-bond acceptors (Lipinski definition) is 3. The van der Waals surface area contributed by atoms with Gasteiger partial charge in [-0.25, -0.2) is 0 Å². The highest BCUT2D eigenvalue weighted by Crippen LogP contribution is 2.21. The lowest BCUT2D eigenvalue weighted by atomic mass is 10.2. The second-order valence-corrected chi connectivity index (χ2v) is 4.96. The maximum atomic E-state index is 5.40. The molecule has 4 nitrogen and oxygen atoms in total. The van der Waals surface area contributed by atoms with E-state index in [0.717, 1.165) is 34.5 Å². The van der Waals surface area contributed by atoms with Gasteiger partial charge in [0.05, 0.1) is 18.1 Å². The Morgan fingerprint density at radius 2 is 2.05 bits per heavy atom. The number of nitrogens with zero attached hydrogens (tertiary/aromatic N) is 2. The summed E-state index contributed by atoms with van der Waals surface area (Å²) in [4.78, 5) is 7.25. The van der Waals surface area contributed by atoms with Crippen LogP contribution in [0.25, 0.3) is 11.0 Å². The first-order chi connectivity index (χ1) is 9.78. The van der Waals surface area contributed by atoms with E-state index in [-0.39, 0.29) is 0 Å². The summed E-state index contributed by atoms with van der Waals surface area (Å²) in [7, 11) is 1.67. The van der Waals surface area contributed by atoms with Crippen LogP contribution in [0, 0.1) is 4.77 Å². The molecule has 0 atom stereocenters. The van der Waals surface area contributed by atoms with Crippen molar-refractivity contribution in [1.29, 1.82) is 0 Å². The molecule has 3 rings (SSSR count). The summed E-state index contributed by atoms with van der Waals surface area (Å²) < 4.78 is 8.12. The molecule has 0 radical (unpaired) electrons. The SMILES string of the molecule is COc1ccc2[nH]c(=S)n(CCc3ccncc3)c2c1. The molecular weight excluding hydrogens is 270 g/mol. The van der Waals surface area contributed by atoms with Crippen molar-refractivity contribution >= 4 is 23.3 Å². The highest BCUT2D eigenvalue weighted by molar-refractivity contribution is 7.71. The number of hydrogen-bond donors (Lipinski definition) is 1. The normalized spacial score (nSPS) is 10.8. The van der Waals surface area contributed by atoms with E-state index >= 15 is 0 Å². The largest absolute Gasteiger partial charge is 0.497 e.